The number of para-hydroxylation sites is 2. The molecule has 0 saturated carbocycles. The molecular formula is C21H23N3O5S. The zero-order valence-corrected chi connectivity index (χ0v) is 17.4. The number of nitrogens with one attached hydrogen (secondary N) is 1. The maximum absolute atomic E-state index is 12.5. The monoisotopic (exact) mass is 429 g/mol. The van der Waals surface area contributed by atoms with Crippen molar-refractivity contribution in [3.8, 4) is 0 Å². The summed E-state index contributed by atoms with van der Waals surface area (Å²) in [6.45, 7) is 2.44. The van der Waals surface area contributed by atoms with Crippen molar-refractivity contribution in [1.29, 1.82) is 0 Å². The largest absolute Gasteiger partial charge is 0.420 e. The van der Waals surface area contributed by atoms with E-state index in [-0.39, 0.29) is 18.2 Å². The van der Waals surface area contributed by atoms with Gasteiger partial charge in [-0.1, -0.05) is 25.1 Å². The number of hydrogen-bond donors (Lipinski definition) is 1. The molecule has 0 spiro atoms. The lowest BCUT2D eigenvalue weighted by atomic mass is 10.0. The van der Waals surface area contributed by atoms with Gasteiger partial charge in [-0.25, -0.2) is 13.2 Å². The number of anilines is 1. The summed E-state index contributed by atoms with van der Waals surface area (Å²) in [6.07, 6.45) is 1.22. The van der Waals surface area contributed by atoms with Gasteiger partial charge in [0.1, 0.15) is 6.54 Å². The van der Waals surface area contributed by atoms with Crippen molar-refractivity contribution in [3.63, 3.8) is 0 Å². The molecular weight excluding hydrogens is 406 g/mol. The number of oxazole rings is 1. The Morgan fingerprint density at radius 1 is 1.17 bits per heavy atom. The SMILES string of the molecule is CCCS(=O)(=O)N1CCc2ccc(NC(=O)Cn3c(=O)oc4ccccc43)cc2C1. The molecule has 2 heterocycles. The van der Waals surface area contributed by atoms with Gasteiger partial charge in [0.25, 0.3) is 0 Å². The van der Waals surface area contributed by atoms with E-state index in [1.807, 2.05) is 13.0 Å². The molecule has 1 aromatic heterocycles. The highest BCUT2D eigenvalue weighted by molar-refractivity contribution is 7.89. The first-order chi connectivity index (χ1) is 14.4. The fraction of sp³-hybridized carbons (Fsp3) is 0.333. The van der Waals surface area contributed by atoms with E-state index in [1.54, 1.807) is 36.4 Å². The van der Waals surface area contributed by atoms with E-state index in [4.69, 9.17) is 4.42 Å². The van der Waals surface area contributed by atoms with Crippen molar-refractivity contribution in [3.05, 3.63) is 64.1 Å². The molecule has 0 bridgehead atoms. The number of fused-ring (bicyclic) bond motifs is 2. The van der Waals surface area contributed by atoms with Gasteiger partial charge in [0.15, 0.2) is 5.58 Å². The number of carbonyl (C=O) groups excluding carboxylic acids is 1. The van der Waals surface area contributed by atoms with Crippen LogP contribution in [0.2, 0.25) is 0 Å². The van der Waals surface area contributed by atoms with Crippen molar-refractivity contribution in [2.75, 3.05) is 17.6 Å². The Morgan fingerprint density at radius 2 is 1.97 bits per heavy atom. The zero-order chi connectivity index (χ0) is 21.3. The first kappa shape index (κ1) is 20.4. The van der Waals surface area contributed by atoms with E-state index < -0.39 is 15.8 Å². The summed E-state index contributed by atoms with van der Waals surface area (Å²) in [5.41, 5.74) is 3.50. The normalized spacial score (nSPS) is 14.6. The highest BCUT2D eigenvalue weighted by Crippen LogP contribution is 2.25. The summed E-state index contributed by atoms with van der Waals surface area (Å²) in [7, 11) is -3.27. The smallest absolute Gasteiger partial charge is 0.408 e. The molecule has 0 fully saturated rings. The molecule has 4 rings (SSSR count). The highest BCUT2D eigenvalue weighted by Gasteiger charge is 2.26. The summed E-state index contributed by atoms with van der Waals surface area (Å²) in [5.74, 6) is -0.824. The number of nitrogens with zero attached hydrogens (tertiary/aromatic N) is 2. The van der Waals surface area contributed by atoms with E-state index >= 15 is 0 Å². The zero-order valence-electron chi connectivity index (χ0n) is 16.6. The predicted molar refractivity (Wildman–Crippen MR) is 114 cm³/mol. The van der Waals surface area contributed by atoms with Gasteiger partial charge in [0.05, 0.1) is 11.3 Å². The number of benzene rings is 2. The number of amides is 1. The molecule has 9 heteroatoms. The lowest BCUT2D eigenvalue weighted by Gasteiger charge is -2.28. The van der Waals surface area contributed by atoms with Crippen LogP contribution in [-0.2, 0) is 34.3 Å². The summed E-state index contributed by atoms with van der Waals surface area (Å²) in [4.78, 5) is 24.6. The average Bonchev–Trinajstić information content (AvgIpc) is 3.02. The van der Waals surface area contributed by atoms with Crippen molar-refractivity contribution in [2.24, 2.45) is 0 Å². The van der Waals surface area contributed by atoms with Crippen LogP contribution < -0.4 is 11.1 Å². The second kappa shape index (κ2) is 8.08. The number of carbonyl (C=O) groups is 1. The van der Waals surface area contributed by atoms with Crippen molar-refractivity contribution >= 4 is 32.7 Å². The molecule has 30 heavy (non-hydrogen) atoms. The van der Waals surface area contributed by atoms with Crippen molar-refractivity contribution in [2.45, 2.75) is 32.9 Å². The Balaban J connectivity index is 1.50. The number of hydrogen-bond acceptors (Lipinski definition) is 5. The molecule has 1 amide bonds. The Morgan fingerprint density at radius 3 is 2.77 bits per heavy atom. The Labute approximate surface area is 174 Å². The van der Waals surface area contributed by atoms with Gasteiger partial charge in [0, 0.05) is 18.8 Å². The van der Waals surface area contributed by atoms with Crippen LogP contribution in [0.1, 0.15) is 24.5 Å². The van der Waals surface area contributed by atoms with Crippen LogP contribution in [-0.4, -0.2) is 35.5 Å². The van der Waals surface area contributed by atoms with E-state index in [0.717, 1.165) is 11.1 Å². The topological polar surface area (TPSA) is 102 Å². The van der Waals surface area contributed by atoms with Crippen LogP contribution in [0.25, 0.3) is 11.1 Å². The minimum Gasteiger partial charge on any atom is -0.408 e. The van der Waals surface area contributed by atoms with Crippen LogP contribution >= 0.6 is 0 Å². The first-order valence-electron chi connectivity index (χ1n) is 9.85. The first-order valence-corrected chi connectivity index (χ1v) is 11.5. The van der Waals surface area contributed by atoms with Crippen LogP contribution in [0.15, 0.2) is 51.7 Å². The van der Waals surface area contributed by atoms with Gasteiger partial charge in [-0.3, -0.25) is 9.36 Å². The molecule has 1 N–H and O–H groups in total. The second-order valence-corrected chi connectivity index (χ2v) is 9.44. The quantitative estimate of drug-likeness (QED) is 0.648. The Bertz CT molecular complexity index is 1260. The molecule has 0 atom stereocenters. The Hall–Kier alpha value is -2.91. The molecule has 2 aromatic carbocycles. The van der Waals surface area contributed by atoms with Gasteiger partial charge >= 0.3 is 5.76 Å². The van der Waals surface area contributed by atoms with Crippen LogP contribution in [0, 0.1) is 0 Å². The summed E-state index contributed by atoms with van der Waals surface area (Å²) in [5, 5.41) is 2.79. The maximum atomic E-state index is 12.5. The van der Waals surface area contributed by atoms with E-state index in [9.17, 15) is 18.0 Å². The average molecular weight is 429 g/mol. The van der Waals surface area contributed by atoms with Crippen LogP contribution in [0.3, 0.4) is 0 Å². The van der Waals surface area contributed by atoms with Crippen LogP contribution in [0.5, 0.6) is 0 Å². The molecule has 0 saturated heterocycles. The van der Waals surface area contributed by atoms with E-state index in [2.05, 4.69) is 5.32 Å². The summed E-state index contributed by atoms with van der Waals surface area (Å²) in [6, 6.07) is 12.4. The molecule has 3 aromatic rings. The third-order valence-corrected chi connectivity index (χ3v) is 7.22. The standard InChI is InChI=1S/C21H23N3O5S/c1-2-11-30(27,28)23-10-9-15-7-8-17(12-16(15)13-23)22-20(25)14-24-18-5-3-4-6-19(18)29-21(24)26/h3-8,12H,2,9-11,13-14H2,1H3,(H,22,25). The lowest BCUT2D eigenvalue weighted by molar-refractivity contribution is -0.116. The number of aromatic nitrogens is 1. The van der Waals surface area contributed by atoms with Gasteiger partial charge in [-0.15, -0.1) is 0 Å². The maximum Gasteiger partial charge on any atom is 0.420 e. The summed E-state index contributed by atoms with van der Waals surface area (Å²) < 4.78 is 32.7. The lowest BCUT2D eigenvalue weighted by Crippen LogP contribution is -2.37. The van der Waals surface area contributed by atoms with Gasteiger partial charge in [-0.2, -0.15) is 4.31 Å². The summed E-state index contributed by atoms with van der Waals surface area (Å²) >= 11 is 0. The highest BCUT2D eigenvalue weighted by atomic mass is 32.2. The third-order valence-electron chi connectivity index (χ3n) is 5.20. The van der Waals surface area contributed by atoms with Crippen molar-refractivity contribution in [1.82, 2.24) is 8.87 Å². The van der Waals surface area contributed by atoms with Gasteiger partial charge in [-0.05, 0) is 48.2 Å². The molecule has 0 aliphatic carbocycles. The molecule has 158 valence electrons. The fourth-order valence-electron chi connectivity index (χ4n) is 3.74. The van der Waals surface area contributed by atoms with Gasteiger partial charge < -0.3 is 9.73 Å². The molecule has 0 unspecified atom stereocenters. The molecule has 0 radical (unpaired) electrons. The van der Waals surface area contributed by atoms with E-state index in [0.29, 0.717) is 42.7 Å². The van der Waals surface area contributed by atoms with E-state index in [1.165, 1.54) is 8.87 Å². The van der Waals surface area contributed by atoms with Crippen molar-refractivity contribution < 1.29 is 17.6 Å². The molecule has 1 aliphatic heterocycles. The second-order valence-electron chi connectivity index (χ2n) is 7.35. The molecule has 8 nitrogen and oxygen atoms in total. The number of rotatable bonds is 6. The minimum absolute atomic E-state index is 0.131. The minimum atomic E-state index is -3.27. The Kier molecular flexibility index (Phi) is 5.48. The number of sulfonamides is 1. The molecule has 1 aliphatic rings. The fourth-order valence-corrected chi connectivity index (χ4v) is 5.22. The predicted octanol–water partition coefficient (Wildman–Crippen LogP) is 2.33. The third kappa shape index (κ3) is 4.03. The van der Waals surface area contributed by atoms with Gasteiger partial charge in [0.2, 0.25) is 15.9 Å². The van der Waals surface area contributed by atoms with Crippen LogP contribution in [0.4, 0.5) is 5.69 Å².